The van der Waals surface area contributed by atoms with Crippen molar-refractivity contribution < 1.29 is 51.5 Å². The van der Waals surface area contributed by atoms with Gasteiger partial charge in [-0.1, -0.05) is 70.9 Å². The van der Waals surface area contributed by atoms with E-state index in [2.05, 4.69) is 21.3 Å². The highest BCUT2D eigenvalue weighted by atomic mass is 19.4. The molecule has 0 fully saturated rings. The van der Waals surface area contributed by atoms with Gasteiger partial charge in [0.1, 0.15) is 24.2 Å². The van der Waals surface area contributed by atoms with Crippen molar-refractivity contribution in [2.75, 3.05) is 20.6 Å². The van der Waals surface area contributed by atoms with E-state index in [1.165, 1.54) is 47.0 Å². The molecule has 352 valence electrons. The number of esters is 1. The molecule has 1 heterocycles. The van der Waals surface area contributed by atoms with Crippen LogP contribution >= 0.6 is 0 Å². The smallest absolute Gasteiger partial charge is 0.416 e. The summed E-state index contributed by atoms with van der Waals surface area (Å²) in [6.07, 6.45) is -2.07. The standard InChI is InChI=1S/C45H68F3N7O8/c1-13-25(5)37-28(8)33(49)20-15-27(7)44(62)63-35(21-24(3)4)40(58)51-30(10)42(60)55(12)34(22-31-16-18-32(19-17-31)45(46,47)48)43(61)54(11)23-36(56)52-38(26(6)14-2)41(59)50-29(9)39(57)53-37/h13,15-19,24,26,28-30,33-35,37-38H,14,20-23,49H2,1-12H3,(H,50,59)(H,51,58)(H,52,56)(H,53,57)/b25-13+,27-15+/t26?,28-,29+,30-,33-,34+,35+,37+,38?/m0/s1. The van der Waals surface area contributed by atoms with Crippen LogP contribution in [0.25, 0.3) is 0 Å². The number of rotatable bonds is 7. The van der Waals surface area contributed by atoms with Crippen molar-refractivity contribution in [1.82, 2.24) is 31.1 Å². The zero-order valence-corrected chi connectivity index (χ0v) is 38.6. The number of hydrogen-bond donors (Lipinski definition) is 5. The third-order valence-electron chi connectivity index (χ3n) is 11.6. The van der Waals surface area contributed by atoms with Crippen molar-refractivity contribution >= 4 is 41.4 Å². The third kappa shape index (κ3) is 15.8. The summed E-state index contributed by atoms with van der Waals surface area (Å²) in [5.74, 6) is -5.94. The largest absolute Gasteiger partial charge is 0.449 e. The molecule has 1 aromatic rings. The lowest BCUT2D eigenvalue weighted by atomic mass is 9.87. The van der Waals surface area contributed by atoms with E-state index in [0.29, 0.717) is 6.42 Å². The number of amides is 6. The monoisotopic (exact) mass is 892 g/mol. The maximum Gasteiger partial charge on any atom is 0.416 e. The Balaban J connectivity index is 2.66. The molecule has 0 radical (unpaired) electrons. The maximum absolute atomic E-state index is 14.2. The lowest BCUT2D eigenvalue weighted by molar-refractivity contribution is -0.154. The number of nitrogens with one attached hydrogen (secondary N) is 4. The third-order valence-corrected chi connectivity index (χ3v) is 11.6. The van der Waals surface area contributed by atoms with Crippen LogP contribution in [0.5, 0.6) is 0 Å². The molecule has 1 aliphatic heterocycles. The van der Waals surface area contributed by atoms with E-state index in [9.17, 15) is 46.7 Å². The normalized spacial score (nSPS) is 28.0. The molecule has 0 spiro atoms. The molecule has 18 heteroatoms. The topological polar surface area (TPSA) is 209 Å². The predicted molar refractivity (Wildman–Crippen MR) is 232 cm³/mol. The van der Waals surface area contributed by atoms with E-state index in [1.54, 1.807) is 13.0 Å². The number of carbonyl (C=O) groups excluding carboxylic acids is 7. The first-order valence-electron chi connectivity index (χ1n) is 21.4. The number of ether oxygens (including phenoxy) is 1. The molecule has 0 bridgehead atoms. The molecule has 0 saturated carbocycles. The fourth-order valence-corrected chi connectivity index (χ4v) is 6.94. The first-order valence-corrected chi connectivity index (χ1v) is 21.4. The minimum absolute atomic E-state index is 0.0980. The predicted octanol–water partition coefficient (Wildman–Crippen LogP) is 3.80. The van der Waals surface area contributed by atoms with Gasteiger partial charge in [0.25, 0.3) is 5.91 Å². The van der Waals surface area contributed by atoms with Crippen molar-refractivity contribution in [2.45, 2.75) is 143 Å². The quantitative estimate of drug-likeness (QED) is 0.199. The van der Waals surface area contributed by atoms with Gasteiger partial charge in [0, 0.05) is 32.1 Å². The minimum Gasteiger partial charge on any atom is -0.449 e. The maximum atomic E-state index is 14.2. The van der Waals surface area contributed by atoms with Crippen LogP contribution in [0.1, 0.15) is 99.6 Å². The number of alkyl halides is 3. The Labute approximate surface area is 369 Å². The van der Waals surface area contributed by atoms with Crippen LogP contribution in [-0.2, 0) is 50.9 Å². The highest BCUT2D eigenvalue weighted by molar-refractivity contribution is 5.96. The van der Waals surface area contributed by atoms with Crippen LogP contribution in [0.3, 0.4) is 0 Å². The average Bonchev–Trinajstić information content (AvgIpc) is 3.22. The van der Waals surface area contributed by atoms with Gasteiger partial charge in [0.15, 0.2) is 6.10 Å². The van der Waals surface area contributed by atoms with Gasteiger partial charge in [0.2, 0.25) is 29.5 Å². The molecule has 2 unspecified atom stereocenters. The Morgan fingerprint density at radius 2 is 1.48 bits per heavy atom. The summed E-state index contributed by atoms with van der Waals surface area (Å²) in [5, 5.41) is 10.9. The lowest BCUT2D eigenvalue weighted by Crippen LogP contribution is -2.58. The summed E-state index contributed by atoms with van der Waals surface area (Å²) in [7, 11) is 2.58. The molecule has 1 aromatic carbocycles. The van der Waals surface area contributed by atoms with Crippen molar-refractivity contribution in [2.24, 2.45) is 23.5 Å². The van der Waals surface area contributed by atoms with Gasteiger partial charge < -0.3 is 41.5 Å². The molecule has 2 rings (SSSR count). The molecule has 0 aliphatic carbocycles. The minimum atomic E-state index is -4.62. The molecule has 63 heavy (non-hydrogen) atoms. The molecule has 1 aliphatic rings. The van der Waals surface area contributed by atoms with Gasteiger partial charge in [-0.2, -0.15) is 13.2 Å². The van der Waals surface area contributed by atoms with Crippen LogP contribution in [0.4, 0.5) is 13.2 Å². The number of carbonyl (C=O) groups is 7. The van der Waals surface area contributed by atoms with Gasteiger partial charge in [-0.3, -0.25) is 28.8 Å². The summed E-state index contributed by atoms with van der Waals surface area (Å²) in [4.78, 5) is 98.2. The van der Waals surface area contributed by atoms with Crippen LogP contribution in [0.15, 0.2) is 47.6 Å². The van der Waals surface area contributed by atoms with Gasteiger partial charge in [-0.05, 0) is 82.9 Å². The van der Waals surface area contributed by atoms with E-state index < -0.39 is 108 Å². The summed E-state index contributed by atoms with van der Waals surface area (Å²) in [5.41, 5.74) is 6.92. The summed E-state index contributed by atoms with van der Waals surface area (Å²) >= 11 is 0. The van der Waals surface area contributed by atoms with E-state index in [4.69, 9.17) is 10.5 Å². The second-order valence-electron chi connectivity index (χ2n) is 17.1. The summed E-state index contributed by atoms with van der Waals surface area (Å²) in [6.45, 7) is 16.5. The Bertz CT molecular complexity index is 1850. The highest BCUT2D eigenvalue weighted by Crippen LogP contribution is 2.29. The van der Waals surface area contributed by atoms with Crippen molar-refractivity contribution in [3.63, 3.8) is 0 Å². The molecule has 6 N–H and O–H groups in total. The molecule has 6 amide bonds. The fourth-order valence-electron chi connectivity index (χ4n) is 6.94. The molecule has 15 nitrogen and oxygen atoms in total. The SMILES string of the molecule is C/C=C(\C)[C@H]1NC(=O)[C@@H](C)NC(=O)C(C(C)CC)NC(=O)CN(C)C(=O)[C@@H](Cc2ccc(C(F)(F)F)cc2)N(C)C(=O)[C@H](C)NC(=O)[C@@H](CC(C)C)OC(=O)/C(C)=C/C[C@H](N)[C@@H]1C. The number of cyclic esters (lactones) is 1. The number of likely N-dealkylation sites (N-methyl/N-ethyl adjacent to an activating group) is 2. The Hall–Kier alpha value is -5.26. The fraction of sp³-hybridized carbons (Fsp3) is 0.622. The number of halogens is 3. The Morgan fingerprint density at radius 1 is 0.889 bits per heavy atom. The van der Waals surface area contributed by atoms with Crippen LogP contribution in [0, 0.1) is 17.8 Å². The van der Waals surface area contributed by atoms with Gasteiger partial charge in [-0.25, -0.2) is 4.79 Å². The van der Waals surface area contributed by atoms with Crippen molar-refractivity contribution in [1.29, 1.82) is 0 Å². The first-order chi connectivity index (χ1) is 29.2. The Kier molecular flexibility index (Phi) is 20.5. The first kappa shape index (κ1) is 53.9. The zero-order chi connectivity index (χ0) is 48.1. The molecule has 0 saturated heterocycles. The van der Waals surface area contributed by atoms with Crippen LogP contribution < -0.4 is 27.0 Å². The van der Waals surface area contributed by atoms with Gasteiger partial charge in [0.05, 0.1) is 18.2 Å². The Morgan fingerprint density at radius 3 is 2.02 bits per heavy atom. The van der Waals surface area contributed by atoms with E-state index in [-0.39, 0.29) is 42.2 Å². The van der Waals surface area contributed by atoms with E-state index in [1.807, 2.05) is 47.6 Å². The molecular weight excluding hydrogens is 824 g/mol. The molecule has 0 aromatic heterocycles. The lowest BCUT2D eigenvalue weighted by Gasteiger charge is -2.33. The van der Waals surface area contributed by atoms with E-state index in [0.717, 1.165) is 27.5 Å². The van der Waals surface area contributed by atoms with Gasteiger partial charge in [-0.15, -0.1) is 0 Å². The second-order valence-corrected chi connectivity index (χ2v) is 17.1. The molecule has 9 atom stereocenters. The average molecular weight is 892 g/mol. The van der Waals surface area contributed by atoms with E-state index >= 15 is 0 Å². The summed E-state index contributed by atoms with van der Waals surface area (Å²) < 4.78 is 45.8. The number of benzene rings is 1. The number of hydrogen-bond acceptors (Lipinski definition) is 9. The highest BCUT2D eigenvalue weighted by Gasteiger charge is 2.37. The van der Waals surface area contributed by atoms with Crippen molar-refractivity contribution in [3.8, 4) is 0 Å². The van der Waals surface area contributed by atoms with Crippen LogP contribution in [0.2, 0.25) is 0 Å². The summed E-state index contributed by atoms with van der Waals surface area (Å²) in [6, 6.07) is -1.96. The van der Waals surface area contributed by atoms with Crippen molar-refractivity contribution in [3.05, 3.63) is 58.7 Å². The van der Waals surface area contributed by atoms with Crippen LogP contribution in [-0.4, -0.2) is 114 Å². The van der Waals surface area contributed by atoms with Gasteiger partial charge >= 0.3 is 12.1 Å². The zero-order valence-electron chi connectivity index (χ0n) is 38.6. The molecular formula is C45H68F3N7O8. The second kappa shape index (κ2) is 24.0. The number of allylic oxidation sites excluding steroid dienone is 1. The number of nitrogens with zero attached hydrogens (tertiary/aromatic N) is 2. The number of nitrogens with two attached hydrogens (primary N) is 1.